The fourth-order valence-electron chi connectivity index (χ4n) is 1.56. The maximum Gasteiger partial charge on any atom is 0.175 e. The molecule has 3 N–H and O–H groups in total. The molecule has 0 aliphatic carbocycles. The van der Waals surface area contributed by atoms with Gasteiger partial charge < -0.3 is 15.7 Å². The lowest BCUT2D eigenvalue weighted by atomic mass is 10.2. The van der Waals surface area contributed by atoms with Gasteiger partial charge in [0.15, 0.2) is 10.9 Å². The van der Waals surface area contributed by atoms with Gasteiger partial charge in [0.2, 0.25) is 0 Å². The summed E-state index contributed by atoms with van der Waals surface area (Å²) < 4.78 is 0. The van der Waals surface area contributed by atoms with Crippen LogP contribution >= 0.6 is 35.4 Å². The number of hydrogen-bond donors (Lipinski definition) is 3. The second kappa shape index (κ2) is 6.64. The largest absolute Gasteiger partial charge is 0.505 e. The second-order valence-corrected chi connectivity index (χ2v) is 5.28. The van der Waals surface area contributed by atoms with Crippen molar-refractivity contribution in [2.45, 2.75) is 0 Å². The fraction of sp³-hybridized carbons (Fsp3) is 0. The van der Waals surface area contributed by atoms with E-state index in [1.165, 1.54) is 12.1 Å². The molecule has 0 spiro atoms. The van der Waals surface area contributed by atoms with E-state index in [1.807, 2.05) is 6.07 Å². The Labute approximate surface area is 136 Å². The number of nitriles is 1. The quantitative estimate of drug-likeness (QED) is 0.560. The molecule has 0 aliphatic rings. The number of nitrogens with zero attached hydrogens (tertiary/aromatic N) is 1. The van der Waals surface area contributed by atoms with E-state index < -0.39 is 0 Å². The van der Waals surface area contributed by atoms with Crippen LogP contribution in [0.2, 0.25) is 10.0 Å². The summed E-state index contributed by atoms with van der Waals surface area (Å²) in [6.07, 6.45) is 0. The lowest BCUT2D eigenvalue weighted by Crippen LogP contribution is -2.19. The van der Waals surface area contributed by atoms with Crippen molar-refractivity contribution in [1.82, 2.24) is 0 Å². The SMILES string of the molecule is N#Cc1ccc(NC(=S)Nc2cc(Cl)c(O)c(Cl)c2)cc1. The van der Waals surface area contributed by atoms with Gasteiger partial charge in [0.25, 0.3) is 0 Å². The van der Waals surface area contributed by atoms with Crippen LogP contribution in [0.4, 0.5) is 11.4 Å². The Bertz CT molecular complexity index is 703. The summed E-state index contributed by atoms with van der Waals surface area (Å²) in [5, 5.41) is 24.7. The van der Waals surface area contributed by atoms with Crippen molar-refractivity contribution in [3.8, 4) is 11.8 Å². The molecule has 0 amide bonds. The molecule has 0 fully saturated rings. The van der Waals surface area contributed by atoms with Gasteiger partial charge in [0.1, 0.15) is 0 Å². The van der Waals surface area contributed by atoms with E-state index >= 15 is 0 Å². The van der Waals surface area contributed by atoms with Crippen molar-refractivity contribution in [3.05, 3.63) is 52.0 Å². The number of thiocarbonyl (C=S) groups is 1. The van der Waals surface area contributed by atoms with E-state index in [1.54, 1.807) is 24.3 Å². The minimum Gasteiger partial charge on any atom is -0.505 e. The zero-order chi connectivity index (χ0) is 15.4. The highest BCUT2D eigenvalue weighted by molar-refractivity contribution is 7.80. The predicted molar refractivity (Wildman–Crippen MR) is 89.1 cm³/mol. The van der Waals surface area contributed by atoms with E-state index in [4.69, 9.17) is 40.7 Å². The third-order valence-electron chi connectivity index (χ3n) is 2.55. The molecule has 0 aromatic heterocycles. The Morgan fingerprint density at radius 2 is 1.57 bits per heavy atom. The van der Waals surface area contributed by atoms with Crippen molar-refractivity contribution >= 4 is 51.9 Å². The lowest BCUT2D eigenvalue weighted by molar-refractivity contribution is 0.476. The van der Waals surface area contributed by atoms with Gasteiger partial charge in [-0.15, -0.1) is 0 Å². The Morgan fingerprint density at radius 1 is 1.05 bits per heavy atom. The summed E-state index contributed by atoms with van der Waals surface area (Å²) in [5.74, 6) is -0.171. The van der Waals surface area contributed by atoms with Crippen molar-refractivity contribution in [3.63, 3.8) is 0 Å². The van der Waals surface area contributed by atoms with Crippen LogP contribution in [-0.4, -0.2) is 10.2 Å². The van der Waals surface area contributed by atoms with Gasteiger partial charge in [-0.05, 0) is 48.6 Å². The summed E-state index contributed by atoms with van der Waals surface area (Å²) >= 11 is 16.8. The highest BCUT2D eigenvalue weighted by Crippen LogP contribution is 2.34. The first-order chi connectivity index (χ1) is 9.99. The van der Waals surface area contributed by atoms with Crippen LogP contribution in [0.1, 0.15) is 5.56 Å². The molecule has 7 heteroatoms. The van der Waals surface area contributed by atoms with E-state index in [-0.39, 0.29) is 15.8 Å². The van der Waals surface area contributed by atoms with Crippen molar-refractivity contribution < 1.29 is 5.11 Å². The number of halogens is 2. The molecule has 21 heavy (non-hydrogen) atoms. The van der Waals surface area contributed by atoms with Crippen LogP contribution in [0, 0.1) is 11.3 Å². The summed E-state index contributed by atoms with van der Waals surface area (Å²) in [6, 6.07) is 11.9. The number of nitrogens with one attached hydrogen (secondary N) is 2. The van der Waals surface area contributed by atoms with E-state index in [9.17, 15) is 5.11 Å². The molecule has 2 aromatic carbocycles. The topological polar surface area (TPSA) is 68.1 Å². The maximum atomic E-state index is 9.48. The van der Waals surface area contributed by atoms with Crippen LogP contribution in [0.3, 0.4) is 0 Å². The molecule has 0 aliphatic heterocycles. The van der Waals surface area contributed by atoms with Gasteiger partial charge in [0, 0.05) is 11.4 Å². The molecule has 0 bridgehead atoms. The minimum absolute atomic E-state index is 0.131. The summed E-state index contributed by atoms with van der Waals surface area (Å²) in [7, 11) is 0. The number of rotatable bonds is 2. The molecule has 0 heterocycles. The molecule has 0 atom stereocenters. The first-order valence-corrected chi connectivity index (χ1v) is 6.92. The first kappa shape index (κ1) is 15.4. The molecule has 2 aromatic rings. The molecular formula is C14H9Cl2N3OS. The molecule has 4 nitrogen and oxygen atoms in total. The molecule has 0 unspecified atom stereocenters. The van der Waals surface area contributed by atoms with Gasteiger partial charge in [-0.1, -0.05) is 23.2 Å². The van der Waals surface area contributed by atoms with Crippen molar-refractivity contribution in [2.75, 3.05) is 10.6 Å². The van der Waals surface area contributed by atoms with Crippen LogP contribution in [0.25, 0.3) is 0 Å². The highest BCUT2D eigenvalue weighted by Gasteiger charge is 2.07. The summed E-state index contributed by atoms with van der Waals surface area (Å²) in [5.41, 5.74) is 1.85. The molecule has 106 valence electrons. The third-order valence-corrected chi connectivity index (χ3v) is 3.33. The second-order valence-electron chi connectivity index (χ2n) is 4.06. The Morgan fingerprint density at radius 3 is 2.10 bits per heavy atom. The molecule has 2 rings (SSSR count). The molecule has 0 saturated heterocycles. The average Bonchev–Trinajstić information content (AvgIpc) is 2.45. The summed E-state index contributed by atoms with van der Waals surface area (Å²) in [4.78, 5) is 0. The van der Waals surface area contributed by atoms with Gasteiger partial charge >= 0.3 is 0 Å². The van der Waals surface area contributed by atoms with Crippen LogP contribution in [-0.2, 0) is 0 Å². The number of aromatic hydroxyl groups is 1. The number of hydrogen-bond acceptors (Lipinski definition) is 3. The number of benzene rings is 2. The predicted octanol–water partition coefficient (Wildman–Crippen LogP) is 4.38. The van der Waals surface area contributed by atoms with E-state index in [2.05, 4.69) is 10.6 Å². The molecule has 0 radical (unpaired) electrons. The smallest absolute Gasteiger partial charge is 0.175 e. The fourth-order valence-corrected chi connectivity index (χ4v) is 2.28. The Hall–Kier alpha value is -2.00. The lowest BCUT2D eigenvalue weighted by Gasteiger charge is -2.12. The van der Waals surface area contributed by atoms with Crippen LogP contribution < -0.4 is 10.6 Å². The monoisotopic (exact) mass is 337 g/mol. The first-order valence-electron chi connectivity index (χ1n) is 5.76. The van der Waals surface area contributed by atoms with Crippen LogP contribution in [0.15, 0.2) is 36.4 Å². The number of phenols is 1. The van der Waals surface area contributed by atoms with Gasteiger partial charge in [-0.25, -0.2) is 0 Å². The van der Waals surface area contributed by atoms with Gasteiger partial charge in [0.05, 0.1) is 21.7 Å². The van der Waals surface area contributed by atoms with Crippen molar-refractivity contribution in [2.24, 2.45) is 0 Å². The van der Waals surface area contributed by atoms with Gasteiger partial charge in [-0.2, -0.15) is 5.26 Å². The van der Waals surface area contributed by atoms with E-state index in [0.717, 1.165) is 5.69 Å². The number of phenolic OH excluding ortho intramolecular Hbond substituents is 1. The third kappa shape index (κ3) is 3.99. The number of anilines is 2. The Balaban J connectivity index is 2.06. The zero-order valence-electron chi connectivity index (χ0n) is 10.5. The standard InChI is InChI=1S/C14H9Cl2N3OS/c15-11-5-10(6-12(16)13(11)20)19-14(21)18-9-3-1-8(7-17)2-4-9/h1-6,20H,(H2,18,19,21). The van der Waals surface area contributed by atoms with E-state index in [0.29, 0.717) is 16.4 Å². The van der Waals surface area contributed by atoms with Crippen molar-refractivity contribution in [1.29, 1.82) is 5.26 Å². The average molecular weight is 338 g/mol. The zero-order valence-corrected chi connectivity index (χ0v) is 12.9. The highest BCUT2D eigenvalue weighted by atomic mass is 35.5. The normalized spacial score (nSPS) is 9.76. The summed E-state index contributed by atoms with van der Waals surface area (Å²) in [6.45, 7) is 0. The Kier molecular flexibility index (Phi) is 4.86. The minimum atomic E-state index is -0.171. The van der Waals surface area contributed by atoms with Gasteiger partial charge in [-0.3, -0.25) is 0 Å². The molecule has 0 saturated carbocycles. The molecular weight excluding hydrogens is 329 g/mol. The maximum absolute atomic E-state index is 9.48. The van der Waals surface area contributed by atoms with Crippen LogP contribution in [0.5, 0.6) is 5.75 Å².